The second-order valence-electron chi connectivity index (χ2n) is 5.87. The van der Waals surface area contributed by atoms with Gasteiger partial charge in [-0.3, -0.25) is 0 Å². The average Bonchev–Trinajstić information content (AvgIpc) is 2.64. The first-order chi connectivity index (χ1) is 12.2. The molecule has 4 N–H and O–H groups in total. The Morgan fingerprint density at radius 1 is 0.560 bits per heavy atom. The van der Waals surface area contributed by atoms with Crippen LogP contribution in [0.5, 0.6) is 11.5 Å². The van der Waals surface area contributed by atoms with E-state index in [1.165, 1.54) is 0 Å². The van der Waals surface area contributed by atoms with Gasteiger partial charge in [-0.1, -0.05) is 54.6 Å². The molecule has 0 aliphatic rings. The molecule has 0 atom stereocenters. The summed E-state index contributed by atoms with van der Waals surface area (Å²) in [5.41, 5.74) is 3.89. The molecule has 0 bridgehead atoms. The van der Waals surface area contributed by atoms with Crippen molar-refractivity contribution in [2.24, 2.45) is 0 Å². The highest BCUT2D eigenvalue weighted by atomic mass is 16.3. The second-order valence-corrected chi connectivity index (χ2v) is 5.87. The van der Waals surface area contributed by atoms with Crippen LogP contribution >= 0.6 is 0 Å². The van der Waals surface area contributed by atoms with Crippen LogP contribution in [0.2, 0.25) is 0 Å². The topological polar surface area (TPSA) is 64.5 Å². The van der Waals surface area contributed by atoms with E-state index in [-0.39, 0.29) is 0 Å². The number of para-hydroxylation sites is 3. The molecule has 0 radical (unpaired) electrons. The van der Waals surface area contributed by atoms with Crippen molar-refractivity contribution in [3.05, 3.63) is 89.5 Å². The van der Waals surface area contributed by atoms with Gasteiger partial charge in [0.25, 0.3) is 0 Å². The van der Waals surface area contributed by atoms with Gasteiger partial charge in [0.1, 0.15) is 11.5 Å². The van der Waals surface area contributed by atoms with Crippen LogP contribution in [0.3, 0.4) is 0 Å². The Morgan fingerprint density at radius 2 is 1.04 bits per heavy atom. The first-order valence-electron chi connectivity index (χ1n) is 8.30. The van der Waals surface area contributed by atoms with Gasteiger partial charge in [-0.25, -0.2) is 0 Å². The molecule has 3 aromatic carbocycles. The Kier molecular flexibility index (Phi) is 5.54. The third kappa shape index (κ3) is 4.52. The van der Waals surface area contributed by atoms with Crippen molar-refractivity contribution in [1.82, 2.24) is 5.32 Å². The van der Waals surface area contributed by atoms with Crippen LogP contribution < -0.4 is 10.6 Å². The van der Waals surface area contributed by atoms with E-state index in [1.807, 2.05) is 54.6 Å². The highest BCUT2D eigenvalue weighted by Gasteiger charge is 2.05. The summed E-state index contributed by atoms with van der Waals surface area (Å²) in [6.45, 7) is 1.84. The summed E-state index contributed by atoms with van der Waals surface area (Å²) >= 11 is 0. The molecule has 0 unspecified atom stereocenters. The van der Waals surface area contributed by atoms with Gasteiger partial charge in [0.15, 0.2) is 0 Å². The molecular weight excluding hydrogens is 312 g/mol. The normalized spacial score (nSPS) is 10.6. The van der Waals surface area contributed by atoms with Crippen molar-refractivity contribution in [3.8, 4) is 11.5 Å². The molecule has 4 heteroatoms. The van der Waals surface area contributed by atoms with E-state index in [0.717, 1.165) is 22.4 Å². The fourth-order valence-corrected chi connectivity index (χ4v) is 2.69. The largest absolute Gasteiger partial charge is 0.508 e. The van der Waals surface area contributed by atoms with Crippen LogP contribution in [0.4, 0.5) is 5.69 Å². The average molecular weight is 334 g/mol. The summed E-state index contributed by atoms with van der Waals surface area (Å²) in [6.07, 6.45) is 0. The molecule has 4 nitrogen and oxygen atoms in total. The fraction of sp³-hybridized carbons (Fsp3) is 0.143. The van der Waals surface area contributed by atoms with Crippen molar-refractivity contribution in [3.63, 3.8) is 0 Å². The molecular formula is C21H22N2O2. The third-order valence-corrected chi connectivity index (χ3v) is 4.10. The lowest BCUT2D eigenvalue weighted by atomic mass is 10.1. The molecule has 0 fully saturated rings. The Labute approximate surface area is 147 Å². The van der Waals surface area contributed by atoms with Crippen LogP contribution in [0.15, 0.2) is 72.8 Å². The van der Waals surface area contributed by atoms with E-state index < -0.39 is 0 Å². The van der Waals surface area contributed by atoms with E-state index in [9.17, 15) is 10.2 Å². The number of benzene rings is 3. The summed E-state index contributed by atoms with van der Waals surface area (Å²) in [4.78, 5) is 0. The van der Waals surface area contributed by atoms with Gasteiger partial charge in [0.2, 0.25) is 0 Å². The molecule has 0 aliphatic heterocycles. The van der Waals surface area contributed by atoms with E-state index in [1.54, 1.807) is 12.1 Å². The Bertz CT molecular complexity index is 833. The van der Waals surface area contributed by atoms with Gasteiger partial charge in [-0.05, 0) is 23.8 Å². The van der Waals surface area contributed by atoms with Gasteiger partial charge < -0.3 is 20.8 Å². The Morgan fingerprint density at radius 3 is 1.68 bits per heavy atom. The molecule has 3 aromatic rings. The summed E-state index contributed by atoms with van der Waals surface area (Å²) in [7, 11) is 0. The lowest BCUT2D eigenvalue weighted by Gasteiger charge is -2.14. The molecule has 0 spiro atoms. The first-order valence-corrected chi connectivity index (χ1v) is 8.30. The standard InChI is InChI=1S/C21H22N2O2/c24-20-11-5-2-8-17(20)14-22-13-16-7-1-4-10-19(16)23-15-18-9-3-6-12-21(18)25/h1-12,22-25H,13-15H2. The summed E-state index contributed by atoms with van der Waals surface area (Å²) in [5, 5.41) is 26.4. The minimum atomic E-state index is 0.296. The number of nitrogens with one attached hydrogen (secondary N) is 2. The number of hydrogen-bond donors (Lipinski definition) is 4. The molecule has 0 heterocycles. The van der Waals surface area contributed by atoms with Gasteiger partial charge in [0, 0.05) is 36.4 Å². The number of phenols is 2. The van der Waals surface area contributed by atoms with E-state index >= 15 is 0 Å². The van der Waals surface area contributed by atoms with Crippen molar-refractivity contribution in [1.29, 1.82) is 0 Å². The first kappa shape index (κ1) is 16.9. The van der Waals surface area contributed by atoms with Crippen molar-refractivity contribution < 1.29 is 10.2 Å². The molecule has 0 aliphatic carbocycles. The molecule has 0 aromatic heterocycles. The van der Waals surface area contributed by atoms with Gasteiger partial charge in [-0.2, -0.15) is 0 Å². The molecule has 0 saturated carbocycles. The van der Waals surface area contributed by atoms with Gasteiger partial charge in [-0.15, -0.1) is 0 Å². The lowest BCUT2D eigenvalue weighted by molar-refractivity contribution is 0.464. The summed E-state index contributed by atoms with van der Waals surface area (Å²) in [6, 6.07) is 22.7. The second kappa shape index (κ2) is 8.22. The third-order valence-electron chi connectivity index (χ3n) is 4.10. The van der Waals surface area contributed by atoms with E-state index in [0.29, 0.717) is 31.1 Å². The maximum absolute atomic E-state index is 9.88. The van der Waals surface area contributed by atoms with Gasteiger partial charge >= 0.3 is 0 Å². The van der Waals surface area contributed by atoms with Crippen LogP contribution in [0, 0.1) is 0 Å². The zero-order valence-electron chi connectivity index (χ0n) is 13.9. The predicted molar refractivity (Wildman–Crippen MR) is 101 cm³/mol. The minimum absolute atomic E-state index is 0.296. The van der Waals surface area contributed by atoms with Crippen LogP contribution in [-0.4, -0.2) is 10.2 Å². The molecule has 25 heavy (non-hydrogen) atoms. The number of phenolic OH excluding ortho intramolecular Hbond substituents is 2. The van der Waals surface area contributed by atoms with Crippen LogP contribution in [0.25, 0.3) is 0 Å². The molecule has 128 valence electrons. The summed E-state index contributed by atoms with van der Waals surface area (Å²) < 4.78 is 0. The molecule has 3 rings (SSSR count). The number of rotatable bonds is 7. The Hall–Kier alpha value is -2.98. The molecule has 0 amide bonds. The zero-order chi connectivity index (χ0) is 17.5. The van der Waals surface area contributed by atoms with Crippen molar-refractivity contribution in [2.45, 2.75) is 19.6 Å². The Balaban J connectivity index is 1.61. The molecule has 0 saturated heterocycles. The fourth-order valence-electron chi connectivity index (χ4n) is 2.69. The van der Waals surface area contributed by atoms with E-state index in [4.69, 9.17) is 0 Å². The monoisotopic (exact) mass is 334 g/mol. The smallest absolute Gasteiger partial charge is 0.120 e. The zero-order valence-corrected chi connectivity index (χ0v) is 13.9. The maximum Gasteiger partial charge on any atom is 0.120 e. The highest BCUT2D eigenvalue weighted by Crippen LogP contribution is 2.20. The lowest BCUT2D eigenvalue weighted by Crippen LogP contribution is -2.14. The summed E-state index contributed by atoms with van der Waals surface area (Å²) in [5.74, 6) is 0.603. The number of anilines is 1. The SMILES string of the molecule is Oc1ccccc1CNCc1ccccc1NCc1ccccc1O. The van der Waals surface area contributed by atoms with Crippen LogP contribution in [-0.2, 0) is 19.6 Å². The van der Waals surface area contributed by atoms with Crippen molar-refractivity contribution >= 4 is 5.69 Å². The maximum atomic E-state index is 9.88. The van der Waals surface area contributed by atoms with E-state index in [2.05, 4.69) is 16.7 Å². The number of aromatic hydroxyl groups is 2. The predicted octanol–water partition coefficient (Wildman–Crippen LogP) is 4.00. The van der Waals surface area contributed by atoms with Gasteiger partial charge in [0.05, 0.1) is 0 Å². The van der Waals surface area contributed by atoms with Crippen molar-refractivity contribution in [2.75, 3.05) is 5.32 Å². The minimum Gasteiger partial charge on any atom is -0.508 e. The number of hydrogen-bond acceptors (Lipinski definition) is 4. The quantitative estimate of drug-likeness (QED) is 0.527. The van der Waals surface area contributed by atoms with Crippen LogP contribution in [0.1, 0.15) is 16.7 Å². The highest BCUT2D eigenvalue weighted by molar-refractivity contribution is 5.52.